The van der Waals surface area contributed by atoms with Crippen LogP contribution in [0.3, 0.4) is 0 Å². The molecular formula is C15H17Cl2N3O2. The Kier molecular flexibility index (Phi) is 5.45. The lowest BCUT2D eigenvalue weighted by molar-refractivity contribution is -0.143. The number of aliphatic carboxylic acids is 1. The van der Waals surface area contributed by atoms with Crippen LogP contribution >= 0.6 is 23.2 Å². The number of carbonyl (C=O) groups is 1. The van der Waals surface area contributed by atoms with Crippen LogP contribution in [0.1, 0.15) is 24.2 Å². The van der Waals surface area contributed by atoms with Crippen molar-refractivity contribution in [3.05, 3.63) is 51.8 Å². The van der Waals surface area contributed by atoms with Gasteiger partial charge in [-0.15, -0.1) is 0 Å². The molecular weight excluding hydrogens is 325 g/mol. The first kappa shape index (κ1) is 16.8. The summed E-state index contributed by atoms with van der Waals surface area (Å²) in [6.07, 6.45) is 1.87. The number of halogens is 2. The SMILES string of the molecule is CCn1ccc(CN(C)C(C(=O)O)c2cc(Cl)cc(Cl)c2)n1. The summed E-state index contributed by atoms with van der Waals surface area (Å²) in [4.78, 5) is 13.4. The van der Waals surface area contributed by atoms with E-state index < -0.39 is 12.0 Å². The van der Waals surface area contributed by atoms with Crippen molar-refractivity contribution < 1.29 is 9.90 Å². The highest BCUT2D eigenvalue weighted by Gasteiger charge is 2.26. The zero-order valence-corrected chi connectivity index (χ0v) is 13.8. The first-order valence-electron chi connectivity index (χ1n) is 6.82. The van der Waals surface area contributed by atoms with Crippen LogP contribution in [-0.4, -0.2) is 32.8 Å². The molecule has 7 heteroatoms. The maximum Gasteiger partial charge on any atom is 0.325 e. The lowest BCUT2D eigenvalue weighted by atomic mass is 10.1. The van der Waals surface area contributed by atoms with Crippen LogP contribution in [0.2, 0.25) is 10.0 Å². The van der Waals surface area contributed by atoms with E-state index in [0.717, 1.165) is 12.2 Å². The van der Waals surface area contributed by atoms with Gasteiger partial charge in [-0.1, -0.05) is 23.2 Å². The molecule has 0 aliphatic carbocycles. The topological polar surface area (TPSA) is 58.4 Å². The van der Waals surface area contributed by atoms with Crippen LogP contribution in [0.25, 0.3) is 0 Å². The molecule has 1 atom stereocenters. The third-order valence-electron chi connectivity index (χ3n) is 3.31. The van der Waals surface area contributed by atoms with Crippen molar-refractivity contribution in [2.75, 3.05) is 7.05 Å². The molecule has 1 N–H and O–H groups in total. The second-order valence-corrected chi connectivity index (χ2v) is 5.89. The molecule has 0 radical (unpaired) electrons. The van der Waals surface area contributed by atoms with Crippen molar-refractivity contribution >= 4 is 29.2 Å². The van der Waals surface area contributed by atoms with E-state index in [9.17, 15) is 9.90 Å². The van der Waals surface area contributed by atoms with Gasteiger partial charge in [-0.25, -0.2) is 0 Å². The largest absolute Gasteiger partial charge is 0.480 e. The molecule has 0 saturated heterocycles. The fraction of sp³-hybridized carbons (Fsp3) is 0.333. The lowest BCUT2D eigenvalue weighted by Crippen LogP contribution is -2.30. The predicted octanol–water partition coefficient (Wildman–Crippen LogP) is 3.47. The number of likely N-dealkylation sites (N-methyl/N-ethyl adjacent to an activating group) is 1. The molecule has 2 rings (SSSR count). The van der Waals surface area contributed by atoms with Crippen molar-refractivity contribution in [1.82, 2.24) is 14.7 Å². The number of benzene rings is 1. The standard InChI is InChI=1S/C15H17Cl2N3O2/c1-3-20-5-4-13(18-20)9-19(2)14(15(21)22)10-6-11(16)8-12(17)7-10/h4-8,14H,3,9H2,1-2H3,(H,21,22). The van der Waals surface area contributed by atoms with Crippen molar-refractivity contribution in [1.29, 1.82) is 0 Å². The van der Waals surface area contributed by atoms with E-state index in [-0.39, 0.29) is 0 Å². The molecule has 0 spiro atoms. The number of carboxylic acid groups (broad SMARTS) is 1. The monoisotopic (exact) mass is 341 g/mol. The molecule has 1 aromatic carbocycles. The highest BCUT2D eigenvalue weighted by atomic mass is 35.5. The summed E-state index contributed by atoms with van der Waals surface area (Å²) in [6.45, 7) is 3.18. The molecule has 5 nitrogen and oxygen atoms in total. The van der Waals surface area contributed by atoms with Crippen molar-refractivity contribution in [3.63, 3.8) is 0 Å². The summed E-state index contributed by atoms with van der Waals surface area (Å²) in [5, 5.41) is 14.8. The molecule has 0 bridgehead atoms. The lowest BCUT2D eigenvalue weighted by Gasteiger charge is -2.24. The van der Waals surface area contributed by atoms with Gasteiger partial charge in [0.25, 0.3) is 0 Å². The minimum Gasteiger partial charge on any atom is -0.480 e. The Morgan fingerprint density at radius 2 is 2.00 bits per heavy atom. The number of rotatable bonds is 6. The maximum absolute atomic E-state index is 11.7. The number of nitrogens with zero attached hydrogens (tertiary/aromatic N) is 3. The second-order valence-electron chi connectivity index (χ2n) is 5.02. The Balaban J connectivity index is 2.24. The molecule has 0 aliphatic rings. The molecule has 0 aliphatic heterocycles. The van der Waals surface area contributed by atoms with E-state index >= 15 is 0 Å². The molecule has 0 saturated carbocycles. The van der Waals surface area contributed by atoms with E-state index in [4.69, 9.17) is 23.2 Å². The van der Waals surface area contributed by atoms with Crippen molar-refractivity contribution in [3.8, 4) is 0 Å². The zero-order chi connectivity index (χ0) is 16.3. The van der Waals surface area contributed by atoms with Crippen LogP contribution in [0.5, 0.6) is 0 Å². The number of hydrogen-bond acceptors (Lipinski definition) is 3. The first-order valence-corrected chi connectivity index (χ1v) is 7.57. The van der Waals surface area contributed by atoms with Crippen molar-refractivity contribution in [2.45, 2.75) is 26.1 Å². The average molecular weight is 342 g/mol. The Morgan fingerprint density at radius 3 is 2.50 bits per heavy atom. The minimum absolute atomic E-state index is 0.411. The van der Waals surface area contributed by atoms with Gasteiger partial charge in [-0.3, -0.25) is 14.4 Å². The van der Waals surface area contributed by atoms with Gasteiger partial charge in [-0.2, -0.15) is 5.10 Å². The summed E-state index contributed by atoms with van der Waals surface area (Å²) in [5.74, 6) is -0.962. The Bertz CT molecular complexity index is 652. The van der Waals surface area contributed by atoms with E-state index in [1.807, 2.05) is 19.2 Å². The van der Waals surface area contributed by atoms with Gasteiger partial charge in [0.1, 0.15) is 6.04 Å². The van der Waals surface area contributed by atoms with Crippen LogP contribution < -0.4 is 0 Å². The van der Waals surface area contributed by atoms with Gasteiger partial charge >= 0.3 is 5.97 Å². The molecule has 0 fully saturated rings. The number of aromatic nitrogens is 2. The second kappa shape index (κ2) is 7.13. The van der Waals surface area contributed by atoms with Gasteiger partial charge in [0.2, 0.25) is 0 Å². The third-order valence-corrected chi connectivity index (χ3v) is 3.74. The van der Waals surface area contributed by atoms with E-state index in [0.29, 0.717) is 22.2 Å². The zero-order valence-electron chi connectivity index (χ0n) is 12.3. The van der Waals surface area contributed by atoms with Gasteiger partial charge in [0.15, 0.2) is 0 Å². The van der Waals surface area contributed by atoms with Gasteiger partial charge < -0.3 is 5.11 Å². The maximum atomic E-state index is 11.7. The number of carboxylic acids is 1. The summed E-state index contributed by atoms with van der Waals surface area (Å²) in [7, 11) is 1.73. The third kappa shape index (κ3) is 4.00. The molecule has 1 aromatic heterocycles. The molecule has 22 heavy (non-hydrogen) atoms. The summed E-state index contributed by atoms with van der Waals surface area (Å²) >= 11 is 11.9. The fourth-order valence-electron chi connectivity index (χ4n) is 2.33. The average Bonchev–Trinajstić information content (AvgIpc) is 2.84. The van der Waals surface area contributed by atoms with Crippen LogP contribution in [0.4, 0.5) is 0 Å². The van der Waals surface area contributed by atoms with Crippen LogP contribution in [0, 0.1) is 0 Å². The Labute approximate surface area is 139 Å². The first-order chi connectivity index (χ1) is 10.4. The van der Waals surface area contributed by atoms with Gasteiger partial charge in [0.05, 0.1) is 5.69 Å². The Hall–Kier alpha value is -1.56. The number of hydrogen-bond donors (Lipinski definition) is 1. The summed E-state index contributed by atoms with van der Waals surface area (Å²) in [5.41, 5.74) is 1.35. The predicted molar refractivity (Wildman–Crippen MR) is 86.2 cm³/mol. The molecule has 2 aromatic rings. The Morgan fingerprint density at radius 1 is 1.36 bits per heavy atom. The van der Waals surface area contributed by atoms with Crippen molar-refractivity contribution in [2.24, 2.45) is 0 Å². The van der Waals surface area contributed by atoms with Gasteiger partial charge in [0, 0.05) is 29.3 Å². The molecule has 1 unspecified atom stereocenters. The fourth-order valence-corrected chi connectivity index (χ4v) is 2.87. The van der Waals surface area contributed by atoms with E-state index in [1.54, 1.807) is 34.8 Å². The smallest absolute Gasteiger partial charge is 0.325 e. The normalized spacial score (nSPS) is 12.6. The minimum atomic E-state index is -0.962. The highest BCUT2D eigenvalue weighted by Crippen LogP contribution is 2.27. The van der Waals surface area contributed by atoms with Gasteiger partial charge in [-0.05, 0) is 43.8 Å². The van der Waals surface area contributed by atoms with E-state index in [2.05, 4.69) is 5.10 Å². The van der Waals surface area contributed by atoms with Crippen LogP contribution in [0.15, 0.2) is 30.5 Å². The summed E-state index contributed by atoms with van der Waals surface area (Å²) in [6, 6.07) is 5.85. The van der Waals surface area contributed by atoms with E-state index in [1.165, 1.54) is 0 Å². The quantitative estimate of drug-likeness (QED) is 0.873. The summed E-state index contributed by atoms with van der Waals surface area (Å²) < 4.78 is 1.80. The molecule has 1 heterocycles. The highest BCUT2D eigenvalue weighted by molar-refractivity contribution is 6.34. The number of aryl methyl sites for hydroxylation is 1. The molecule has 118 valence electrons. The van der Waals surface area contributed by atoms with Crippen LogP contribution in [-0.2, 0) is 17.9 Å². The molecule has 0 amide bonds.